The topological polar surface area (TPSA) is 58.2 Å². The number of carbonyl (C=O) groups is 1. The second-order valence-corrected chi connectivity index (χ2v) is 2.91. The van der Waals surface area contributed by atoms with E-state index in [2.05, 4.69) is 0 Å². The number of aromatic nitrogens is 2. The van der Waals surface area contributed by atoms with Gasteiger partial charge in [-0.15, -0.1) is 0 Å². The molecule has 0 saturated heterocycles. The van der Waals surface area contributed by atoms with E-state index in [-0.39, 0.29) is 5.82 Å². The van der Waals surface area contributed by atoms with Crippen LogP contribution < -0.4 is 9.67 Å². The molecule has 5 nitrogen and oxygen atoms in total. The van der Waals surface area contributed by atoms with Crippen LogP contribution in [-0.4, -0.2) is 23.8 Å². The lowest BCUT2D eigenvalue weighted by molar-refractivity contribution is -0.675. The summed E-state index contributed by atoms with van der Waals surface area (Å²) in [5.74, 6) is -1.02. The van der Waals surface area contributed by atoms with Gasteiger partial charge in [-0.05, 0) is 6.92 Å². The number of ether oxygens (including phenoxy) is 1. The van der Waals surface area contributed by atoms with E-state index in [1.807, 2.05) is 6.92 Å². The number of nitrogens with zero attached hydrogens (tertiary/aromatic N) is 2. The summed E-state index contributed by atoms with van der Waals surface area (Å²) < 4.78 is 8.26. The van der Waals surface area contributed by atoms with Crippen LogP contribution in [0, 0.1) is 0 Å². The molecule has 1 rings (SSSR count). The number of carboxylic acids is 1. The second kappa shape index (κ2) is 4.76. The molecule has 0 aromatic carbocycles. The predicted octanol–water partition coefficient (Wildman–Crippen LogP) is -1.29. The van der Waals surface area contributed by atoms with Crippen LogP contribution in [0.4, 0.5) is 0 Å². The molecule has 0 radical (unpaired) electrons. The molecule has 1 aromatic heterocycles. The Kier molecular flexibility index (Phi) is 3.64. The monoisotopic (exact) mass is 198 g/mol. The summed E-state index contributed by atoms with van der Waals surface area (Å²) in [4.78, 5) is 10.7. The molecule has 0 amide bonds. The van der Waals surface area contributed by atoms with E-state index in [0.717, 1.165) is 0 Å². The number of carbonyl (C=O) groups excluding carboxylic acids is 1. The summed E-state index contributed by atoms with van der Waals surface area (Å²) in [7, 11) is 1.67. The highest BCUT2D eigenvalue weighted by atomic mass is 16.5. The number of hydrogen-bond acceptors (Lipinski definition) is 3. The first-order valence-corrected chi connectivity index (χ1v) is 4.50. The van der Waals surface area contributed by atoms with Crippen molar-refractivity contribution in [2.75, 3.05) is 13.2 Å². The standard InChI is InChI=1S/C9H14N2O3/c1-3-14-7-6-11-5-4-10(2)8(11)9(12)13/h4-5H,3,6-7H2,1-2H3. The first-order valence-electron chi connectivity index (χ1n) is 4.50. The van der Waals surface area contributed by atoms with E-state index in [9.17, 15) is 9.90 Å². The third-order valence-corrected chi connectivity index (χ3v) is 1.94. The Morgan fingerprint density at radius 3 is 3.00 bits per heavy atom. The maximum atomic E-state index is 10.7. The average Bonchev–Trinajstić information content (AvgIpc) is 2.47. The maximum absolute atomic E-state index is 10.7. The van der Waals surface area contributed by atoms with Crippen molar-refractivity contribution < 1.29 is 19.2 Å². The van der Waals surface area contributed by atoms with Gasteiger partial charge in [-0.25, -0.2) is 9.13 Å². The van der Waals surface area contributed by atoms with Crippen LogP contribution in [-0.2, 0) is 18.3 Å². The molecule has 1 aromatic rings. The van der Waals surface area contributed by atoms with Gasteiger partial charge in [0.2, 0.25) is 0 Å². The zero-order valence-corrected chi connectivity index (χ0v) is 8.40. The van der Waals surface area contributed by atoms with Gasteiger partial charge in [0.05, 0.1) is 13.7 Å². The highest BCUT2D eigenvalue weighted by Crippen LogP contribution is 1.93. The molecule has 0 aliphatic rings. The Morgan fingerprint density at radius 1 is 1.71 bits per heavy atom. The minimum atomic E-state index is -1.17. The van der Waals surface area contributed by atoms with Gasteiger partial charge in [-0.1, -0.05) is 0 Å². The van der Waals surface area contributed by atoms with Crippen molar-refractivity contribution in [1.29, 1.82) is 0 Å². The van der Waals surface area contributed by atoms with Gasteiger partial charge in [-0.3, -0.25) is 0 Å². The van der Waals surface area contributed by atoms with Crippen LogP contribution in [0.5, 0.6) is 0 Å². The van der Waals surface area contributed by atoms with Crippen LogP contribution >= 0.6 is 0 Å². The van der Waals surface area contributed by atoms with Crippen LogP contribution in [0.1, 0.15) is 17.5 Å². The minimum absolute atomic E-state index is 0.157. The third-order valence-electron chi connectivity index (χ3n) is 1.94. The lowest BCUT2D eigenvalue weighted by atomic mass is 10.5. The largest absolute Gasteiger partial charge is 0.538 e. The first kappa shape index (κ1) is 10.7. The van der Waals surface area contributed by atoms with Crippen molar-refractivity contribution in [2.45, 2.75) is 13.5 Å². The molecule has 5 heteroatoms. The normalized spacial score (nSPS) is 10.4. The zero-order valence-electron chi connectivity index (χ0n) is 8.40. The first-order chi connectivity index (χ1) is 6.66. The number of imidazole rings is 1. The van der Waals surface area contributed by atoms with Gasteiger partial charge in [0, 0.05) is 6.61 Å². The van der Waals surface area contributed by atoms with Crippen LogP contribution in [0.2, 0.25) is 0 Å². The van der Waals surface area contributed by atoms with E-state index in [1.165, 1.54) is 4.57 Å². The molecule has 0 bridgehead atoms. The molecule has 14 heavy (non-hydrogen) atoms. The van der Waals surface area contributed by atoms with Gasteiger partial charge in [0.1, 0.15) is 18.9 Å². The quantitative estimate of drug-likeness (QED) is 0.437. The maximum Gasteiger partial charge on any atom is 0.304 e. The molecule has 0 saturated carbocycles. The average molecular weight is 198 g/mol. The zero-order chi connectivity index (χ0) is 10.6. The molecule has 0 unspecified atom stereocenters. The molecule has 1 heterocycles. The number of hydrogen-bond donors (Lipinski definition) is 0. The van der Waals surface area contributed by atoms with Gasteiger partial charge >= 0.3 is 5.82 Å². The van der Waals surface area contributed by atoms with E-state index in [0.29, 0.717) is 19.8 Å². The molecule has 0 aliphatic carbocycles. The van der Waals surface area contributed by atoms with E-state index >= 15 is 0 Å². The lowest BCUT2D eigenvalue weighted by Crippen LogP contribution is -2.41. The summed E-state index contributed by atoms with van der Waals surface area (Å²) in [6.07, 6.45) is 3.38. The van der Waals surface area contributed by atoms with E-state index in [4.69, 9.17) is 4.74 Å². The smallest absolute Gasteiger partial charge is 0.304 e. The fourth-order valence-electron chi connectivity index (χ4n) is 1.27. The highest BCUT2D eigenvalue weighted by molar-refractivity contribution is 5.79. The van der Waals surface area contributed by atoms with Crippen molar-refractivity contribution in [3.05, 3.63) is 18.2 Å². The summed E-state index contributed by atoms with van der Waals surface area (Å²) in [6.45, 7) is 3.56. The summed E-state index contributed by atoms with van der Waals surface area (Å²) in [5.41, 5.74) is 0. The Hall–Kier alpha value is -1.36. The van der Waals surface area contributed by atoms with Gasteiger partial charge in [-0.2, -0.15) is 0 Å². The van der Waals surface area contributed by atoms with Crippen molar-refractivity contribution in [1.82, 2.24) is 4.57 Å². The predicted molar refractivity (Wildman–Crippen MR) is 46.4 cm³/mol. The Bertz CT molecular complexity index is 320. The molecular weight excluding hydrogens is 184 g/mol. The fraction of sp³-hybridized carbons (Fsp3) is 0.556. The number of aromatic carboxylic acids is 1. The van der Waals surface area contributed by atoms with Gasteiger partial charge in [0.15, 0.2) is 5.97 Å². The fourth-order valence-corrected chi connectivity index (χ4v) is 1.27. The number of aryl methyl sites for hydroxylation is 1. The second-order valence-electron chi connectivity index (χ2n) is 2.91. The van der Waals surface area contributed by atoms with Gasteiger partial charge in [0.25, 0.3) is 0 Å². The highest BCUT2D eigenvalue weighted by Gasteiger charge is 2.14. The molecule has 0 atom stereocenters. The van der Waals surface area contributed by atoms with Crippen LogP contribution in [0.15, 0.2) is 12.4 Å². The Morgan fingerprint density at radius 2 is 2.43 bits per heavy atom. The Labute approximate surface area is 82.5 Å². The number of carboxylic acid groups (broad SMARTS) is 1. The SMILES string of the molecule is CCOCCn1cc[n+](C)c1C(=O)[O-]. The Balaban J connectivity index is 2.71. The van der Waals surface area contributed by atoms with Crippen molar-refractivity contribution in [3.63, 3.8) is 0 Å². The summed E-state index contributed by atoms with van der Waals surface area (Å²) in [6, 6.07) is 0. The molecule has 0 aliphatic heterocycles. The van der Waals surface area contributed by atoms with E-state index < -0.39 is 5.97 Å². The summed E-state index contributed by atoms with van der Waals surface area (Å²) in [5, 5.41) is 10.7. The van der Waals surface area contributed by atoms with Crippen LogP contribution in [0.25, 0.3) is 0 Å². The molecule has 0 N–H and O–H groups in total. The van der Waals surface area contributed by atoms with Crippen LogP contribution in [0.3, 0.4) is 0 Å². The lowest BCUT2D eigenvalue weighted by Gasteiger charge is -2.03. The molecule has 78 valence electrons. The molecular formula is C9H14N2O3. The number of rotatable bonds is 5. The molecule has 0 fully saturated rings. The third kappa shape index (κ3) is 2.32. The molecule has 0 spiro atoms. The van der Waals surface area contributed by atoms with Crippen molar-refractivity contribution in [3.8, 4) is 0 Å². The van der Waals surface area contributed by atoms with Crippen molar-refractivity contribution >= 4 is 5.97 Å². The van der Waals surface area contributed by atoms with Crippen molar-refractivity contribution in [2.24, 2.45) is 7.05 Å². The van der Waals surface area contributed by atoms with Gasteiger partial charge < -0.3 is 14.6 Å². The summed E-state index contributed by atoms with van der Waals surface area (Å²) >= 11 is 0. The minimum Gasteiger partial charge on any atom is -0.538 e. The van der Waals surface area contributed by atoms with E-state index in [1.54, 1.807) is 24.0 Å².